The van der Waals surface area contributed by atoms with Gasteiger partial charge in [0, 0.05) is 56.4 Å². The van der Waals surface area contributed by atoms with Crippen LogP contribution in [0.3, 0.4) is 0 Å². The highest BCUT2D eigenvalue weighted by atomic mass is 19.1. The van der Waals surface area contributed by atoms with Gasteiger partial charge in [-0.2, -0.15) is 0 Å². The van der Waals surface area contributed by atoms with Gasteiger partial charge in [-0.3, -0.25) is 9.69 Å². The van der Waals surface area contributed by atoms with E-state index in [1.807, 2.05) is 30.3 Å². The average Bonchev–Trinajstić information content (AvgIpc) is 3.64. The number of alkyl halides is 1. The molecule has 3 aliphatic rings. The topological polar surface area (TPSA) is 159 Å². The smallest absolute Gasteiger partial charge is 0.328 e. The first-order valence-corrected chi connectivity index (χ1v) is 14.9. The molecule has 3 atom stereocenters. The number of halogens is 1. The van der Waals surface area contributed by atoms with Gasteiger partial charge in [0.1, 0.15) is 23.3 Å². The highest BCUT2D eigenvalue weighted by Crippen LogP contribution is 2.34. The molecule has 44 heavy (non-hydrogen) atoms. The molecule has 238 valence electrons. The van der Waals surface area contributed by atoms with Crippen LogP contribution in [-0.2, 0) is 32.0 Å². The quantitative estimate of drug-likeness (QED) is 0.257. The Hall–Kier alpha value is -4.03. The number of anilines is 1. The lowest BCUT2D eigenvalue weighted by Gasteiger charge is -2.25. The largest absolute Gasteiger partial charge is 0.488 e. The second-order valence-electron chi connectivity index (χ2n) is 11.5. The van der Waals surface area contributed by atoms with Crippen molar-refractivity contribution in [3.05, 3.63) is 65.4 Å². The summed E-state index contributed by atoms with van der Waals surface area (Å²) in [6, 6.07) is 11.8. The van der Waals surface area contributed by atoms with E-state index in [-0.39, 0.29) is 18.4 Å². The van der Waals surface area contributed by atoms with Gasteiger partial charge in [-0.1, -0.05) is 18.2 Å². The Bertz CT molecular complexity index is 1320. The standard InChI is InChI=1S/C28H36FN3O4.C4H4O4/c29-28(10-8-23-7-6-20-4-2-12-30-27(20)31-23)11-13-32(19-28)17-22(16-26(33)34)21-3-1-5-24(15-21)36-25-9-14-35-18-25;5-3(6)1-2-4(7)8/h1,3,5-7,15,22,25H,2,4,8-14,16-19H2,(H,30,31)(H,33,34);1-2H,(H,5,6)(H,7,8)/b;2-1-/t22?,25-,28-;/m0./s1. The van der Waals surface area contributed by atoms with Crippen molar-refractivity contribution in [3.8, 4) is 5.75 Å². The molecule has 2 aromatic rings. The van der Waals surface area contributed by atoms with Crippen molar-refractivity contribution in [2.45, 2.75) is 62.6 Å². The predicted molar refractivity (Wildman–Crippen MR) is 160 cm³/mol. The van der Waals surface area contributed by atoms with Gasteiger partial charge in [0.25, 0.3) is 0 Å². The molecule has 0 radical (unpaired) electrons. The second kappa shape index (κ2) is 15.6. The van der Waals surface area contributed by atoms with Crippen LogP contribution in [0.4, 0.5) is 10.2 Å². The van der Waals surface area contributed by atoms with Crippen molar-refractivity contribution >= 4 is 23.7 Å². The molecule has 1 aromatic carbocycles. The fraction of sp³-hybridized carbons (Fsp3) is 0.500. The summed E-state index contributed by atoms with van der Waals surface area (Å²) >= 11 is 0. The molecule has 3 aliphatic heterocycles. The number of ether oxygens (including phenoxy) is 2. The summed E-state index contributed by atoms with van der Waals surface area (Å²) in [4.78, 5) is 37.6. The molecule has 0 bridgehead atoms. The summed E-state index contributed by atoms with van der Waals surface area (Å²) in [5, 5.41) is 28.5. The normalized spacial score (nSPS) is 22.0. The van der Waals surface area contributed by atoms with Gasteiger partial charge in [-0.05, 0) is 61.4 Å². The zero-order valence-corrected chi connectivity index (χ0v) is 24.6. The fourth-order valence-electron chi connectivity index (χ4n) is 5.73. The molecular weight excluding hydrogens is 573 g/mol. The van der Waals surface area contributed by atoms with Gasteiger partial charge >= 0.3 is 17.9 Å². The number of aliphatic carboxylic acids is 3. The van der Waals surface area contributed by atoms with Crippen molar-refractivity contribution in [3.63, 3.8) is 0 Å². The van der Waals surface area contributed by atoms with E-state index in [1.54, 1.807) is 0 Å². The minimum absolute atomic E-state index is 0.00216. The number of carboxylic acids is 3. The number of pyridine rings is 1. The molecule has 4 N–H and O–H groups in total. The molecule has 5 rings (SSSR count). The number of carbonyl (C=O) groups is 3. The molecule has 2 fully saturated rings. The van der Waals surface area contributed by atoms with Crippen LogP contribution in [0.15, 0.2) is 48.6 Å². The highest BCUT2D eigenvalue weighted by molar-refractivity contribution is 5.89. The van der Waals surface area contributed by atoms with Crippen LogP contribution in [0.1, 0.15) is 54.8 Å². The first-order chi connectivity index (χ1) is 21.1. The number of rotatable bonds is 12. The van der Waals surface area contributed by atoms with E-state index >= 15 is 4.39 Å². The molecule has 0 saturated carbocycles. The summed E-state index contributed by atoms with van der Waals surface area (Å²) in [7, 11) is 0. The lowest BCUT2D eigenvalue weighted by atomic mass is 9.94. The Morgan fingerprint density at radius 1 is 1.18 bits per heavy atom. The van der Waals surface area contributed by atoms with Crippen molar-refractivity contribution in [1.29, 1.82) is 0 Å². The third-order valence-corrected chi connectivity index (χ3v) is 7.95. The predicted octanol–water partition coefficient (Wildman–Crippen LogP) is 3.92. The monoisotopic (exact) mass is 613 g/mol. The summed E-state index contributed by atoms with van der Waals surface area (Å²) in [6.07, 6.45) is 5.64. The number of nitrogens with one attached hydrogen (secondary N) is 1. The molecule has 0 amide bonds. The zero-order valence-electron chi connectivity index (χ0n) is 24.6. The van der Waals surface area contributed by atoms with E-state index in [2.05, 4.69) is 16.3 Å². The first-order valence-electron chi connectivity index (χ1n) is 14.9. The lowest BCUT2D eigenvalue weighted by Crippen LogP contribution is -2.32. The first kappa shape index (κ1) is 32.9. The summed E-state index contributed by atoms with van der Waals surface area (Å²) in [6.45, 7) is 3.67. The van der Waals surface area contributed by atoms with Crippen LogP contribution in [0.2, 0.25) is 0 Å². The molecule has 11 nitrogen and oxygen atoms in total. The Morgan fingerprint density at radius 2 is 1.98 bits per heavy atom. The molecule has 1 aromatic heterocycles. The lowest BCUT2D eigenvalue weighted by molar-refractivity contribution is -0.137. The van der Waals surface area contributed by atoms with Gasteiger partial charge in [-0.25, -0.2) is 19.0 Å². The SMILES string of the molecule is O=C(O)/C=C\C(=O)O.O=C(O)CC(CN1CC[C@@](F)(CCc2ccc3c(n2)NCCC3)C1)c1cccc(O[C@H]2CCOC2)c1. The number of aryl methyl sites for hydroxylation is 2. The van der Waals surface area contributed by atoms with Crippen LogP contribution in [0.5, 0.6) is 5.75 Å². The fourth-order valence-corrected chi connectivity index (χ4v) is 5.73. The Balaban J connectivity index is 0.000000488. The Morgan fingerprint density at radius 3 is 2.68 bits per heavy atom. The van der Waals surface area contributed by atoms with Crippen LogP contribution in [-0.4, -0.2) is 94.3 Å². The maximum absolute atomic E-state index is 15.8. The number of benzene rings is 1. The number of likely N-dealkylation sites (tertiary alicyclic amines) is 1. The van der Waals surface area contributed by atoms with E-state index < -0.39 is 23.6 Å². The number of hydrogen-bond acceptors (Lipinski definition) is 8. The third kappa shape index (κ3) is 10.3. The van der Waals surface area contributed by atoms with Crippen LogP contribution >= 0.6 is 0 Å². The number of carboxylic acid groups (broad SMARTS) is 3. The molecule has 0 aliphatic carbocycles. The summed E-state index contributed by atoms with van der Waals surface area (Å²) < 4.78 is 27.2. The van der Waals surface area contributed by atoms with Crippen LogP contribution < -0.4 is 10.1 Å². The molecule has 1 unspecified atom stereocenters. The van der Waals surface area contributed by atoms with E-state index in [0.29, 0.717) is 64.3 Å². The minimum Gasteiger partial charge on any atom is -0.488 e. The van der Waals surface area contributed by atoms with Crippen LogP contribution in [0, 0.1) is 0 Å². The zero-order chi connectivity index (χ0) is 31.5. The molecule has 12 heteroatoms. The van der Waals surface area contributed by atoms with Gasteiger partial charge in [0.2, 0.25) is 0 Å². The Labute approximate surface area is 255 Å². The van der Waals surface area contributed by atoms with E-state index in [0.717, 1.165) is 48.6 Å². The van der Waals surface area contributed by atoms with Gasteiger partial charge in [-0.15, -0.1) is 0 Å². The van der Waals surface area contributed by atoms with Gasteiger partial charge in [0.05, 0.1) is 19.6 Å². The maximum Gasteiger partial charge on any atom is 0.328 e. The van der Waals surface area contributed by atoms with Crippen LogP contribution in [0.25, 0.3) is 0 Å². The number of nitrogens with zero attached hydrogens (tertiary/aromatic N) is 2. The number of fused-ring (bicyclic) bond motifs is 1. The van der Waals surface area contributed by atoms with Crippen molar-refractivity contribution < 1.29 is 43.6 Å². The third-order valence-electron chi connectivity index (χ3n) is 7.95. The van der Waals surface area contributed by atoms with Crippen molar-refractivity contribution in [2.75, 3.05) is 44.7 Å². The average molecular weight is 614 g/mol. The van der Waals surface area contributed by atoms with Gasteiger partial charge in [0.15, 0.2) is 0 Å². The Kier molecular flexibility index (Phi) is 11.7. The minimum atomic E-state index is -1.29. The maximum atomic E-state index is 15.8. The number of hydrogen-bond donors (Lipinski definition) is 4. The van der Waals surface area contributed by atoms with E-state index in [1.165, 1.54) is 5.56 Å². The van der Waals surface area contributed by atoms with Crippen molar-refractivity contribution in [1.82, 2.24) is 9.88 Å². The molecule has 4 heterocycles. The molecular formula is C32H40FN3O8. The van der Waals surface area contributed by atoms with E-state index in [4.69, 9.17) is 24.7 Å². The second-order valence-corrected chi connectivity index (χ2v) is 11.5. The van der Waals surface area contributed by atoms with E-state index in [9.17, 15) is 19.5 Å². The summed E-state index contributed by atoms with van der Waals surface area (Å²) in [5.41, 5.74) is 1.79. The summed E-state index contributed by atoms with van der Waals surface area (Å²) in [5.74, 6) is -1.93. The number of aromatic nitrogens is 1. The van der Waals surface area contributed by atoms with Crippen molar-refractivity contribution in [2.24, 2.45) is 0 Å². The van der Waals surface area contributed by atoms with Gasteiger partial charge < -0.3 is 30.1 Å². The molecule has 0 spiro atoms. The highest BCUT2D eigenvalue weighted by Gasteiger charge is 2.39. The molecule has 2 saturated heterocycles.